The minimum absolute atomic E-state index is 0.293. The lowest BCUT2D eigenvalue weighted by Gasteiger charge is -1.96. The molecule has 1 aliphatic heterocycles. The molecule has 0 N–H and O–H groups in total. The fourth-order valence-corrected chi connectivity index (χ4v) is 1.72. The summed E-state index contributed by atoms with van der Waals surface area (Å²) in [6, 6.07) is 7.67. The first-order valence-corrected chi connectivity index (χ1v) is 5.37. The Morgan fingerprint density at radius 2 is 2.12 bits per heavy atom. The Bertz CT molecular complexity index is 573. The van der Waals surface area contributed by atoms with E-state index in [4.69, 9.17) is 9.47 Å². The number of ether oxygens (including phenoxy) is 2. The van der Waals surface area contributed by atoms with Crippen molar-refractivity contribution in [3.63, 3.8) is 0 Å². The standard InChI is InChI=1S/C13H12N2O2/c1-15-5-4-10(8-15)7-14-11-2-3-12-13(6-11)17-9-16-12/h2-8H,9H2,1H3. The van der Waals surface area contributed by atoms with Gasteiger partial charge in [-0.2, -0.15) is 0 Å². The second-order valence-corrected chi connectivity index (χ2v) is 3.91. The minimum atomic E-state index is 0.293. The van der Waals surface area contributed by atoms with E-state index in [-0.39, 0.29) is 0 Å². The van der Waals surface area contributed by atoms with Crippen LogP contribution in [0.4, 0.5) is 5.69 Å². The summed E-state index contributed by atoms with van der Waals surface area (Å²) in [6.07, 6.45) is 5.83. The molecule has 1 aromatic carbocycles. The average Bonchev–Trinajstić information content (AvgIpc) is 2.94. The molecular formula is C13H12N2O2. The topological polar surface area (TPSA) is 35.8 Å². The van der Waals surface area contributed by atoms with E-state index < -0.39 is 0 Å². The number of aryl methyl sites for hydroxylation is 1. The fourth-order valence-electron chi connectivity index (χ4n) is 1.72. The maximum atomic E-state index is 5.30. The van der Waals surface area contributed by atoms with Crippen LogP contribution in [0.25, 0.3) is 0 Å². The maximum Gasteiger partial charge on any atom is 0.231 e. The first-order valence-electron chi connectivity index (χ1n) is 5.37. The molecule has 0 atom stereocenters. The molecule has 0 bridgehead atoms. The van der Waals surface area contributed by atoms with Gasteiger partial charge in [0.2, 0.25) is 6.79 Å². The fraction of sp³-hybridized carbons (Fsp3) is 0.154. The number of benzene rings is 1. The van der Waals surface area contributed by atoms with Gasteiger partial charge in [0.25, 0.3) is 0 Å². The summed E-state index contributed by atoms with van der Waals surface area (Å²) in [4.78, 5) is 4.39. The molecule has 0 fully saturated rings. The summed E-state index contributed by atoms with van der Waals surface area (Å²) in [6.45, 7) is 0.293. The second kappa shape index (κ2) is 3.97. The zero-order chi connectivity index (χ0) is 11.7. The van der Waals surface area contributed by atoms with Gasteiger partial charge in [-0.1, -0.05) is 0 Å². The van der Waals surface area contributed by atoms with E-state index in [0.29, 0.717) is 6.79 Å². The zero-order valence-corrected chi connectivity index (χ0v) is 9.46. The van der Waals surface area contributed by atoms with Crippen LogP contribution in [0.15, 0.2) is 41.7 Å². The molecule has 0 aliphatic carbocycles. The normalized spacial score (nSPS) is 13.5. The molecule has 4 nitrogen and oxygen atoms in total. The van der Waals surface area contributed by atoms with Gasteiger partial charge in [0, 0.05) is 37.3 Å². The van der Waals surface area contributed by atoms with Crippen LogP contribution in [0.2, 0.25) is 0 Å². The first-order chi connectivity index (χ1) is 8.31. The van der Waals surface area contributed by atoms with E-state index in [1.54, 1.807) is 0 Å². The van der Waals surface area contributed by atoms with Crippen molar-refractivity contribution in [1.82, 2.24) is 4.57 Å². The van der Waals surface area contributed by atoms with E-state index in [1.807, 2.05) is 54.5 Å². The number of hydrogen-bond acceptors (Lipinski definition) is 3. The molecule has 2 aromatic rings. The van der Waals surface area contributed by atoms with Crippen LogP contribution >= 0.6 is 0 Å². The quantitative estimate of drug-likeness (QED) is 0.740. The smallest absolute Gasteiger partial charge is 0.231 e. The van der Waals surface area contributed by atoms with E-state index >= 15 is 0 Å². The van der Waals surface area contributed by atoms with Crippen LogP contribution in [-0.2, 0) is 7.05 Å². The van der Waals surface area contributed by atoms with Gasteiger partial charge in [-0.3, -0.25) is 4.99 Å². The number of nitrogens with zero attached hydrogens (tertiary/aromatic N) is 2. The van der Waals surface area contributed by atoms with E-state index in [1.165, 1.54) is 0 Å². The van der Waals surface area contributed by atoms with Crippen LogP contribution in [0, 0.1) is 0 Å². The van der Waals surface area contributed by atoms with Gasteiger partial charge in [-0.05, 0) is 18.2 Å². The highest BCUT2D eigenvalue weighted by Crippen LogP contribution is 2.35. The largest absolute Gasteiger partial charge is 0.454 e. The Morgan fingerprint density at radius 1 is 1.24 bits per heavy atom. The molecule has 1 aromatic heterocycles. The van der Waals surface area contributed by atoms with Crippen LogP contribution in [0.1, 0.15) is 5.56 Å². The first kappa shape index (κ1) is 9.96. The molecule has 1 aliphatic rings. The summed E-state index contributed by atoms with van der Waals surface area (Å²) in [5.41, 5.74) is 1.93. The molecule has 2 heterocycles. The molecule has 4 heteroatoms. The molecule has 17 heavy (non-hydrogen) atoms. The zero-order valence-electron chi connectivity index (χ0n) is 9.46. The summed E-state index contributed by atoms with van der Waals surface area (Å²) < 4.78 is 12.5. The Morgan fingerprint density at radius 3 is 2.94 bits per heavy atom. The monoisotopic (exact) mass is 228 g/mol. The molecule has 0 saturated carbocycles. The molecule has 0 unspecified atom stereocenters. The Labute approximate surface area is 99.1 Å². The predicted molar refractivity (Wildman–Crippen MR) is 65.2 cm³/mol. The number of fused-ring (bicyclic) bond motifs is 1. The molecule has 0 spiro atoms. The summed E-state index contributed by atoms with van der Waals surface area (Å²) in [5, 5.41) is 0. The second-order valence-electron chi connectivity index (χ2n) is 3.91. The van der Waals surface area contributed by atoms with Crippen molar-refractivity contribution in [2.24, 2.45) is 12.0 Å². The van der Waals surface area contributed by atoms with Crippen molar-refractivity contribution in [2.45, 2.75) is 0 Å². The highest BCUT2D eigenvalue weighted by atomic mass is 16.7. The highest BCUT2D eigenvalue weighted by molar-refractivity contribution is 5.81. The van der Waals surface area contributed by atoms with Gasteiger partial charge in [0.05, 0.1) is 5.69 Å². The molecule has 86 valence electrons. The van der Waals surface area contributed by atoms with E-state index in [2.05, 4.69) is 4.99 Å². The van der Waals surface area contributed by atoms with Crippen LogP contribution < -0.4 is 9.47 Å². The van der Waals surface area contributed by atoms with Crippen molar-refractivity contribution < 1.29 is 9.47 Å². The number of hydrogen-bond donors (Lipinski definition) is 0. The SMILES string of the molecule is Cn1ccc(C=Nc2ccc3c(c2)OCO3)c1. The number of rotatable bonds is 2. The van der Waals surface area contributed by atoms with Crippen molar-refractivity contribution in [1.29, 1.82) is 0 Å². The lowest BCUT2D eigenvalue weighted by molar-refractivity contribution is 0.174. The van der Waals surface area contributed by atoms with E-state index in [0.717, 1.165) is 22.7 Å². The Kier molecular flexibility index (Phi) is 2.33. The third-order valence-electron chi connectivity index (χ3n) is 2.57. The minimum Gasteiger partial charge on any atom is -0.454 e. The summed E-state index contributed by atoms with van der Waals surface area (Å²) in [7, 11) is 1.98. The van der Waals surface area contributed by atoms with Gasteiger partial charge in [0.1, 0.15) is 0 Å². The third kappa shape index (κ3) is 2.01. The van der Waals surface area contributed by atoms with Gasteiger partial charge in [-0.15, -0.1) is 0 Å². The highest BCUT2D eigenvalue weighted by Gasteiger charge is 2.12. The molecule has 0 amide bonds. The van der Waals surface area contributed by atoms with Crippen molar-refractivity contribution in [3.05, 3.63) is 42.2 Å². The molecule has 0 radical (unpaired) electrons. The number of aliphatic imine (C=N–C) groups is 1. The number of aromatic nitrogens is 1. The van der Waals surface area contributed by atoms with Gasteiger partial charge >= 0.3 is 0 Å². The maximum absolute atomic E-state index is 5.30. The summed E-state index contributed by atoms with van der Waals surface area (Å²) >= 11 is 0. The van der Waals surface area contributed by atoms with Gasteiger partial charge in [-0.25, -0.2) is 0 Å². The Balaban J connectivity index is 1.83. The van der Waals surface area contributed by atoms with Gasteiger partial charge < -0.3 is 14.0 Å². The van der Waals surface area contributed by atoms with Crippen molar-refractivity contribution >= 4 is 11.9 Å². The van der Waals surface area contributed by atoms with Crippen LogP contribution in [0.5, 0.6) is 11.5 Å². The molecule has 0 saturated heterocycles. The summed E-state index contributed by atoms with van der Waals surface area (Å²) in [5.74, 6) is 1.54. The van der Waals surface area contributed by atoms with E-state index in [9.17, 15) is 0 Å². The molecular weight excluding hydrogens is 216 g/mol. The Hall–Kier alpha value is -2.23. The predicted octanol–water partition coefficient (Wildman–Crippen LogP) is 2.50. The average molecular weight is 228 g/mol. The van der Waals surface area contributed by atoms with Crippen molar-refractivity contribution in [2.75, 3.05) is 6.79 Å². The van der Waals surface area contributed by atoms with Crippen molar-refractivity contribution in [3.8, 4) is 11.5 Å². The lowest BCUT2D eigenvalue weighted by atomic mass is 10.3. The third-order valence-corrected chi connectivity index (χ3v) is 2.57. The van der Waals surface area contributed by atoms with Crippen LogP contribution in [-0.4, -0.2) is 17.6 Å². The van der Waals surface area contributed by atoms with Gasteiger partial charge in [0.15, 0.2) is 11.5 Å². The van der Waals surface area contributed by atoms with Crippen LogP contribution in [0.3, 0.4) is 0 Å². The lowest BCUT2D eigenvalue weighted by Crippen LogP contribution is -1.92. The molecule has 3 rings (SSSR count).